The normalized spacial score (nSPS) is 17.7. The van der Waals surface area contributed by atoms with Gasteiger partial charge in [0, 0.05) is 46.3 Å². The van der Waals surface area contributed by atoms with E-state index in [1.54, 1.807) is 13.3 Å². The molecule has 186 valence electrons. The summed E-state index contributed by atoms with van der Waals surface area (Å²) in [5, 5.41) is 7.95. The SMILES string of the molecule is COc1cc2c(cc1NC1=NC=C(Cl)CC(Nc3ccccc3SC(C)C)=N1)CN(C)CC2(C)C. The van der Waals surface area contributed by atoms with Crippen LogP contribution in [0.2, 0.25) is 0 Å². The summed E-state index contributed by atoms with van der Waals surface area (Å²) in [6.07, 6.45) is 2.12. The number of nitrogens with zero attached hydrogens (tertiary/aromatic N) is 3. The number of amidine groups is 1. The Morgan fingerprint density at radius 2 is 1.91 bits per heavy atom. The van der Waals surface area contributed by atoms with Gasteiger partial charge >= 0.3 is 0 Å². The van der Waals surface area contributed by atoms with Crippen molar-refractivity contribution >= 4 is 46.5 Å². The molecule has 0 bridgehead atoms. The summed E-state index contributed by atoms with van der Waals surface area (Å²) in [6, 6.07) is 12.5. The van der Waals surface area contributed by atoms with Crippen molar-refractivity contribution < 1.29 is 4.74 Å². The van der Waals surface area contributed by atoms with Gasteiger partial charge in [-0.2, -0.15) is 4.99 Å². The number of thioether (sulfide) groups is 1. The van der Waals surface area contributed by atoms with Gasteiger partial charge in [-0.1, -0.05) is 51.4 Å². The van der Waals surface area contributed by atoms with E-state index in [0.717, 1.165) is 36.0 Å². The minimum Gasteiger partial charge on any atom is -0.495 e. The quantitative estimate of drug-likeness (QED) is 0.438. The molecule has 8 heteroatoms. The molecule has 0 spiro atoms. The Kier molecular flexibility index (Phi) is 7.79. The molecule has 0 saturated heterocycles. The topological polar surface area (TPSA) is 61.2 Å². The lowest BCUT2D eigenvalue weighted by atomic mass is 9.78. The largest absolute Gasteiger partial charge is 0.495 e. The molecule has 0 unspecified atom stereocenters. The smallest absolute Gasteiger partial charge is 0.228 e. The van der Waals surface area contributed by atoms with Gasteiger partial charge in [-0.15, -0.1) is 11.8 Å². The fourth-order valence-corrected chi connectivity index (χ4v) is 5.71. The number of hydrogen-bond acceptors (Lipinski definition) is 7. The standard InChI is InChI=1S/C27H34ClN5OS/c1-17(2)35-24-10-8-7-9-21(24)30-25-12-19(28)14-29-26(32-25)31-22-11-18-15-33(5)16-27(3,4)20(18)13-23(22)34-6/h7-11,13-14,17H,12,15-16H2,1-6H3,(H2,29,30,31,32). The highest BCUT2D eigenvalue weighted by molar-refractivity contribution is 8.00. The van der Waals surface area contributed by atoms with Gasteiger partial charge in [0.25, 0.3) is 0 Å². The number of ether oxygens (including phenoxy) is 1. The second-order valence-electron chi connectivity index (χ2n) is 9.94. The molecule has 0 atom stereocenters. The van der Waals surface area contributed by atoms with Gasteiger partial charge in [0.2, 0.25) is 5.96 Å². The highest BCUT2D eigenvalue weighted by Crippen LogP contribution is 2.39. The molecule has 0 aromatic heterocycles. The van der Waals surface area contributed by atoms with E-state index in [0.29, 0.717) is 22.7 Å². The summed E-state index contributed by atoms with van der Waals surface area (Å²) in [7, 11) is 3.85. The van der Waals surface area contributed by atoms with Crippen molar-refractivity contribution in [2.75, 3.05) is 31.3 Å². The highest BCUT2D eigenvalue weighted by Gasteiger charge is 2.31. The van der Waals surface area contributed by atoms with Gasteiger partial charge in [-0.05, 0) is 42.4 Å². The van der Waals surface area contributed by atoms with Gasteiger partial charge < -0.3 is 20.3 Å². The first-order chi connectivity index (χ1) is 16.6. The predicted octanol–water partition coefficient (Wildman–Crippen LogP) is 6.68. The number of guanidine groups is 1. The van der Waals surface area contributed by atoms with E-state index < -0.39 is 0 Å². The van der Waals surface area contributed by atoms with Crippen molar-refractivity contribution in [3.8, 4) is 5.75 Å². The van der Waals surface area contributed by atoms with Gasteiger partial charge in [0.15, 0.2) is 0 Å². The Bertz CT molecular complexity index is 1190. The molecule has 6 nitrogen and oxygen atoms in total. The van der Waals surface area contributed by atoms with Crippen molar-refractivity contribution in [2.45, 2.75) is 56.2 Å². The van der Waals surface area contributed by atoms with Crippen LogP contribution < -0.4 is 15.4 Å². The molecule has 2 aliphatic heterocycles. The van der Waals surface area contributed by atoms with Crippen LogP contribution in [0, 0.1) is 0 Å². The lowest BCUT2D eigenvalue weighted by Crippen LogP contribution is -2.40. The van der Waals surface area contributed by atoms with Crippen molar-refractivity contribution in [2.24, 2.45) is 9.98 Å². The van der Waals surface area contributed by atoms with Crippen LogP contribution in [0.3, 0.4) is 0 Å². The van der Waals surface area contributed by atoms with Crippen molar-refractivity contribution in [1.82, 2.24) is 4.90 Å². The fraction of sp³-hybridized carbons (Fsp3) is 0.407. The molecule has 0 fully saturated rings. The lowest BCUT2D eigenvalue weighted by Gasteiger charge is -2.38. The number of aliphatic imine (C=N–C) groups is 2. The molecule has 4 rings (SSSR count). The maximum atomic E-state index is 6.45. The van der Waals surface area contributed by atoms with Crippen LogP contribution in [0.4, 0.5) is 11.4 Å². The average molecular weight is 512 g/mol. The summed E-state index contributed by atoms with van der Waals surface area (Å²) < 4.78 is 5.76. The number of rotatable bonds is 5. The third kappa shape index (κ3) is 6.21. The van der Waals surface area contributed by atoms with Crippen LogP contribution in [0.25, 0.3) is 0 Å². The number of para-hydroxylation sites is 1. The Labute approximate surface area is 217 Å². The van der Waals surface area contributed by atoms with E-state index in [9.17, 15) is 0 Å². The zero-order valence-corrected chi connectivity index (χ0v) is 22.8. The van der Waals surface area contributed by atoms with Crippen LogP contribution in [0.5, 0.6) is 5.75 Å². The average Bonchev–Trinajstić information content (AvgIpc) is 2.94. The Balaban J connectivity index is 1.64. The molecule has 0 radical (unpaired) electrons. The zero-order valence-electron chi connectivity index (χ0n) is 21.3. The number of fused-ring (bicyclic) bond motifs is 1. The minimum absolute atomic E-state index is 0.0425. The minimum atomic E-state index is 0.0425. The van der Waals surface area contributed by atoms with E-state index in [4.69, 9.17) is 21.3 Å². The predicted molar refractivity (Wildman–Crippen MR) is 150 cm³/mol. The first kappa shape index (κ1) is 25.6. The third-order valence-electron chi connectivity index (χ3n) is 5.94. The summed E-state index contributed by atoms with van der Waals surface area (Å²) in [4.78, 5) is 12.8. The van der Waals surface area contributed by atoms with Crippen molar-refractivity contribution in [3.63, 3.8) is 0 Å². The van der Waals surface area contributed by atoms with Gasteiger partial charge in [0.1, 0.15) is 11.6 Å². The molecule has 0 aliphatic carbocycles. The summed E-state index contributed by atoms with van der Waals surface area (Å²) >= 11 is 8.25. The van der Waals surface area contributed by atoms with Crippen LogP contribution in [-0.4, -0.2) is 42.6 Å². The van der Waals surface area contributed by atoms with Gasteiger partial charge in [0.05, 0.1) is 18.5 Å². The highest BCUT2D eigenvalue weighted by atomic mass is 35.5. The van der Waals surface area contributed by atoms with E-state index in [1.807, 2.05) is 23.9 Å². The van der Waals surface area contributed by atoms with Gasteiger partial charge in [-0.25, -0.2) is 4.99 Å². The maximum absolute atomic E-state index is 6.45. The molecule has 2 heterocycles. The molecule has 2 N–H and O–H groups in total. The number of nitrogens with one attached hydrogen (secondary N) is 2. The Morgan fingerprint density at radius 3 is 2.66 bits per heavy atom. The fourth-order valence-electron chi connectivity index (χ4n) is 4.63. The second kappa shape index (κ2) is 10.6. The molecular weight excluding hydrogens is 478 g/mol. The summed E-state index contributed by atoms with van der Waals surface area (Å²) in [6.45, 7) is 10.8. The van der Waals surface area contributed by atoms with E-state index in [2.05, 4.69) is 79.5 Å². The van der Waals surface area contributed by atoms with Crippen LogP contribution in [0.15, 0.2) is 62.5 Å². The number of likely N-dealkylation sites (N-methyl/N-ethyl adjacent to an activating group) is 1. The lowest BCUT2D eigenvalue weighted by molar-refractivity contribution is 0.235. The Hall–Kier alpha value is -2.48. The third-order valence-corrected chi connectivity index (χ3v) is 7.25. The number of methoxy groups -OCH3 is 1. The van der Waals surface area contributed by atoms with Gasteiger partial charge in [-0.3, -0.25) is 0 Å². The van der Waals surface area contributed by atoms with E-state index >= 15 is 0 Å². The number of benzene rings is 2. The molecule has 0 amide bonds. The molecule has 0 saturated carbocycles. The van der Waals surface area contributed by atoms with E-state index in [-0.39, 0.29) is 5.41 Å². The first-order valence-electron chi connectivity index (χ1n) is 11.8. The van der Waals surface area contributed by atoms with Crippen molar-refractivity contribution in [1.29, 1.82) is 0 Å². The summed E-state index contributed by atoms with van der Waals surface area (Å²) in [5.41, 5.74) is 4.47. The monoisotopic (exact) mass is 511 g/mol. The summed E-state index contributed by atoms with van der Waals surface area (Å²) in [5.74, 6) is 1.95. The molecule has 2 aromatic rings. The number of halogens is 1. The second-order valence-corrected chi connectivity index (χ2v) is 12.0. The van der Waals surface area contributed by atoms with E-state index in [1.165, 1.54) is 16.0 Å². The Morgan fingerprint density at radius 1 is 1.14 bits per heavy atom. The van der Waals surface area contributed by atoms with Crippen LogP contribution >= 0.6 is 23.4 Å². The molecule has 2 aliphatic rings. The van der Waals surface area contributed by atoms with Crippen LogP contribution in [0.1, 0.15) is 45.2 Å². The first-order valence-corrected chi connectivity index (χ1v) is 13.1. The maximum Gasteiger partial charge on any atom is 0.228 e. The molecular formula is C27H34ClN5OS. The van der Waals surface area contributed by atoms with Crippen molar-refractivity contribution in [3.05, 3.63) is 58.8 Å². The number of anilines is 2. The zero-order chi connectivity index (χ0) is 25.2. The molecule has 35 heavy (non-hydrogen) atoms. The van der Waals surface area contributed by atoms with Crippen LogP contribution in [-0.2, 0) is 12.0 Å². The molecule has 2 aromatic carbocycles. The number of hydrogen-bond donors (Lipinski definition) is 2.